The number of hydrogen-bond acceptors (Lipinski definition) is 3. The zero-order chi connectivity index (χ0) is 21.8. The van der Waals surface area contributed by atoms with Crippen molar-refractivity contribution in [2.45, 2.75) is 35.8 Å². The number of benzene rings is 2. The zero-order valence-electron chi connectivity index (χ0n) is 15.8. The van der Waals surface area contributed by atoms with Crippen LogP contribution in [0.5, 0.6) is 5.75 Å². The number of hydrogen-bond donors (Lipinski definition) is 0. The third kappa shape index (κ3) is 3.69. The molecule has 0 bridgehead atoms. The van der Waals surface area contributed by atoms with Crippen molar-refractivity contribution in [1.29, 1.82) is 0 Å². The molecule has 3 nitrogen and oxygen atoms in total. The van der Waals surface area contributed by atoms with E-state index in [9.17, 15) is 17.2 Å². The molecule has 9 heteroatoms. The Morgan fingerprint density at radius 3 is 2.27 bits per heavy atom. The largest absolute Gasteiger partial charge is 0.494 e. The molecule has 1 saturated carbocycles. The van der Waals surface area contributed by atoms with Crippen LogP contribution in [0.25, 0.3) is 5.57 Å². The molecular formula is C21H17Br3F2O3S. The summed E-state index contributed by atoms with van der Waals surface area (Å²) in [4.78, 5) is -0.358. The van der Waals surface area contributed by atoms with Gasteiger partial charge in [-0.05, 0) is 107 Å². The molecule has 2 aromatic carbocycles. The fourth-order valence-electron chi connectivity index (χ4n) is 4.16. The van der Waals surface area contributed by atoms with Gasteiger partial charge >= 0.3 is 5.76 Å². The summed E-state index contributed by atoms with van der Waals surface area (Å²) in [5, 5.41) is 0. The Kier molecular flexibility index (Phi) is 5.96. The molecule has 1 fully saturated rings. The Morgan fingerprint density at radius 2 is 1.73 bits per heavy atom. The van der Waals surface area contributed by atoms with E-state index in [1.165, 1.54) is 12.1 Å². The van der Waals surface area contributed by atoms with Crippen molar-refractivity contribution < 1.29 is 21.9 Å². The van der Waals surface area contributed by atoms with Gasteiger partial charge in [0.05, 0.1) is 21.0 Å². The third-order valence-electron chi connectivity index (χ3n) is 5.93. The van der Waals surface area contributed by atoms with Gasteiger partial charge in [-0.1, -0.05) is 18.2 Å². The summed E-state index contributed by atoms with van der Waals surface area (Å²) in [7, 11) is -2.97. The molecule has 1 unspecified atom stereocenters. The van der Waals surface area contributed by atoms with Crippen LogP contribution >= 0.6 is 47.8 Å². The summed E-state index contributed by atoms with van der Waals surface area (Å²) >= 11 is 10.9. The highest BCUT2D eigenvalue weighted by Crippen LogP contribution is 2.66. The van der Waals surface area contributed by atoms with E-state index in [1.807, 2.05) is 0 Å². The molecule has 0 N–H and O–H groups in total. The summed E-state index contributed by atoms with van der Waals surface area (Å²) in [5.74, 6) is -2.52. The number of allylic oxidation sites excluding steroid dienone is 2. The number of sulfone groups is 1. The van der Waals surface area contributed by atoms with Crippen molar-refractivity contribution in [1.82, 2.24) is 0 Å². The van der Waals surface area contributed by atoms with Crippen molar-refractivity contribution in [2.75, 3.05) is 7.11 Å². The molecule has 1 spiro atoms. The minimum atomic E-state index is -4.58. The van der Waals surface area contributed by atoms with Gasteiger partial charge in [-0.3, -0.25) is 0 Å². The molecule has 30 heavy (non-hydrogen) atoms. The second-order valence-corrected chi connectivity index (χ2v) is 12.0. The minimum Gasteiger partial charge on any atom is -0.494 e. The van der Waals surface area contributed by atoms with E-state index >= 15 is 0 Å². The van der Waals surface area contributed by atoms with Gasteiger partial charge in [-0.15, -0.1) is 0 Å². The first kappa shape index (κ1) is 22.4. The average Bonchev–Trinajstić information content (AvgIpc) is 3.38. The molecule has 160 valence electrons. The van der Waals surface area contributed by atoms with Gasteiger partial charge in [-0.2, -0.15) is 8.78 Å². The van der Waals surface area contributed by atoms with Gasteiger partial charge in [0.15, 0.2) is 0 Å². The maximum absolute atomic E-state index is 12.8. The second kappa shape index (κ2) is 7.98. The van der Waals surface area contributed by atoms with Crippen molar-refractivity contribution in [3.8, 4) is 5.75 Å². The molecular weight excluding hydrogens is 610 g/mol. The van der Waals surface area contributed by atoms with Crippen molar-refractivity contribution in [2.24, 2.45) is 5.41 Å². The normalized spacial score (nSPS) is 20.0. The van der Waals surface area contributed by atoms with E-state index < -0.39 is 15.6 Å². The Balaban J connectivity index is 1.71. The van der Waals surface area contributed by atoms with Crippen LogP contribution in [-0.2, 0) is 9.84 Å². The summed E-state index contributed by atoms with van der Waals surface area (Å²) in [5.41, 5.74) is 3.24. The van der Waals surface area contributed by atoms with E-state index in [4.69, 9.17) is 4.74 Å². The van der Waals surface area contributed by atoms with Crippen LogP contribution < -0.4 is 4.74 Å². The van der Waals surface area contributed by atoms with E-state index in [2.05, 4.69) is 59.9 Å². The Hall–Kier alpha value is -0.770. The Morgan fingerprint density at radius 1 is 1.10 bits per heavy atom. The molecule has 1 atom stereocenters. The fraction of sp³-hybridized carbons (Fsp3) is 0.333. The quantitative estimate of drug-likeness (QED) is 0.327. The van der Waals surface area contributed by atoms with E-state index in [0.29, 0.717) is 5.75 Å². The Bertz CT molecular complexity index is 1140. The predicted octanol–water partition coefficient (Wildman–Crippen LogP) is 7.33. The first-order chi connectivity index (χ1) is 14.1. The molecule has 2 aromatic rings. The summed E-state index contributed by atoms with van der Waals surface area (Å²) in [6, 6.07) is 7.83. The smallest absolute Gasteiger partial charge is 0.341 e. The molecule has 2 aliphatic carbocycles. The highest BCUT2D eigenvalue weighted by Gasteiger charge is 2.53. The van der Waals surface area contributed by atoms with Crippen LogP contribution in [0.15, 0.2) is 54.7 Å². The predicted molar refractivity (Wildman–Crippen MR) is 123 cm³/mol. The summed E-state index contributed by atoms with van der Waals surface area (Å²) < 4.78 is 57.0. The molecule has 0 saturated heterocycles. The average molecular weight is 627 g/mol. The van der Waals surface area contributed by atoms with Gasteiger partial charge < -0.3 is 4.74 Å². The van der Waals surface area contributed by atoms with E-state index in [0.717, 1.165) is 49.4 Å². The minimum absolute atomic E-state index is 0.138. The third-order valence-corrected chi connectivity index (χ3v) is 10.1. The molecule has 0 aromatic heterocycles. The monoisotopic (exact) mass is 624 g/mol. The standard InChI is InChI=1S/C21H17Br3F2O3S/c1-29-19-16(22)9-14(17(23)18(19)24)15-8-12(10-21(15)6-7-21)11-2-4-13(5-3-11)30(27,28)20(25)26/h2-5,8-9,15,20H,6-7,10H2,1H3. The lowest BCUT2D eigenvalue weighted by atomic mass is 9.85. The van der Waals surface area contributed by atoms with Crippen LogP contribution in [-0.4, -0.2) is 21.3 Å². The summed E-state index contributed by atoms with van der Waals surface area (Å²) in [6.45, 7) is 0. The molecule has 0 radical (unpaired) electrons. The van der Waals surface area contributed by atoms with Crippen LogP contribution in [0, 0.1) is 5.41 Å². The van der Waals surface area contributed by atoms with Crippen molar-refractivity contribution >= 4 is 63.2 Å². The van der Waals surface area contributed by atoms with Crippen LogP contribution in [0.4, 0.5) is 8.78 Å². The molecule has 2 aliphatic rings. The van der Waals surface area contributed by atoms with Gasteiger partial charge in [-0.25, -0.2) is 8.42 Å². The van der Waals surface area contributed by atoms with Crippen LogP contribution in [0.3, 0.4) is 0 Å². The van der Waals surface area contributed by atoms with Gasteiger partial charge in [0.1, 0.15) is 5.75 Å². The highest BCUT2D eigenvalue weighted by atomic mass is 79.9. The lowest BCUT2D eigenvalue weighted by Gasteiger charge is -2.22. The van der Waals surface area contributed by atoms with Gasteiger partial charge in [0.25, 0.3) is 0 Å². The van der Waals surface area contributed by atoms with E-state index in [-0.39, 0.29) is 16.2 Å². The topological polar surface area (TPSA) is 43.4 Å². The number of halogens is 5. The second-order valence-electron chi connectivity index (χ2n) is 7.65. The number of rotatable bonds is 5. The van der Waals surface area contributed by atoms with Crippen LogP contribution in [0.1, 0.15) is 36.3 Å². The molecule has 0 amide bonds. The highest BCUT2D eigenvalue weighted by molar-refractivity contribution is 9.13. The van der Waals surface area contributed by atoms with Crippen molar-refractivity contribution in [3.05, 3.63) is 61.0 Å². The number of ether oxygens (including phenoxy) is 1. The number of alkyl halides is 2. The molecule has 0 heterocycles. The first-order valence-electron chi connectivity index (χ1n) is 9.15. The van der Waals surface area contributed by atoms with Crippen LogP contribution in [0.2, 0.25) is 0 Å². The zero-order valence-corrected chi connectivity index (χ0v) is 21.3. The van der Waals surface area contributed by atoms with Gasteiger partial charge in [0, 0.05) is 10.4 Å². The summed E-state index contributed by atoms with van der Waals surface area (Å²) in [6.07, 6.45) is 5.29. The fourth-order valence-corrected chi connectivity index (χ4v) is 6.90. The van der Waals surface area contributed by atoms with Gasteiger partial charge in [0.2, 0.25) is 9.84 Å². The lowest BCUT2D eigenvalue weighted by molar-refractivity contribution is 0.234. The molecule has 4 rings (SSSR count). The Labute approximate surface area is 199 Å². The van der Waals surface area contributed by atoms with Crippen molar-refractivity contribution in [3.63, 3.8) is 0 Å². The molecule has 0 aliphatic heterocycles. The SMILES string of the molecule is COc1c(Br)cc(C2C=C(c3ccc(S(=O)(=O)C(F)F)cc3)CC23CC3)c(Br)c1Br. The first-order valence-corrected chi connectivity index (χ1v) is 13.1. The number of methoxy groups -OCH3 is 1. The maximum Gasteiger partial charge on any atom is 0.341 e. The lowest BCUT2D eigenvalue weighted by Crippen LogP contribution is -2.11. The maximum atomic E-state index is 12.8. The van der Waals surface area contributed by atoms with E-state index in [1.54, 1.807) is 19.2 Å².